The fraction of sp³-hybridized carbons (Fsp3) is 0.238. The molecule has 0 aliphatic heterocycles. The Labute approximate surface area is 181 Å². The number of ketones is 1. The number of aliphatic hydroxyl groups is 1. The summed E-state index contributed by atoms with van der Waals surface area (Å²) < 4.78 is 14.3. The van der Waals surface area contributed by atoms with Crippen LogP contribution in [0.5, 0.6) is 0 Å². The molecule has 0 bridgehead atoms. The van der Waals surface area contributed by atoms with Gasteiger partial charge in [0.1, 0.15) is 16.6 Å². The fourth-order valence-corrected chi connectivity index (χ4v) is 3.97. The molecule has 2 N–H and O–H groups in total. The highest BCUT2D eigenvalue weighted by Crippen LogP contribution is 2.35. The third kappa shape index (κ3) is 4.61. The topological polar surface area (TPSA) is 88.0 Å². The minimum absolute atomic E-state index is 0.00836. The molecule has 0 unspecified atom stereocenters. The second-order valence-electron chi connectivity index (χ2n) is 6.88. The van der Waals surface area contributed by atoms with Gasteiger partial charge in [-0.25, -0.2) is 4.39 Å². The molecule has 6 nitrogen and oxygen atoms in total. The maximum atomic E-state index is 14.3. The average molecular weight is 445 g/mol. The van der Waals surface area contributed by atoms with E-state index < -0.39 is 5.82 Å². The Kier molecular flexibility index (Phi) is 6.26. The van der Waals surface area contributed by atoms with Gasteiger partial charge in [-0.3, -0.25) is 9.78 Å². The van der Waals surface area contributed by atoms with Crippen LogP contribution in [0.3, 0.4) is 0 Å². The molecule has 0 radical (unpaired) electrons. The first kappa shape index (κ1) is 20.7. The molecule has 1 aromatic carbocycles. The van der Waals surface area contributed by atoms with Crippen LogP contribution in [0, 0.1) is 5.82 Å². The quantitative estimate of drug-likeness (QED) is 0.514. The summed E-state index contributed by atoms with van der Waals surface area (Å²) in [6.45, 7) is -0.00836. The van der Waals surface area contributed by atoms with Gasteiger partial charge in [0.25, 0.3) is 0 Å². The van der Waals surface area contributed by atoms with Gasteiger partial charge in [0.15, 0.2) is 0 Å². The van der Waals surface area contributed by atoms with Crippen molar-refractivity contribution in [2.24, 2.45) is 0 Å². The van der Waals surface area contributed by atoms with Gasteiger partial charge >= 0.3 is 0 Å². The first-order valence-electron chi connectivity index (χ1n) is 9.35. The van der Waals surface area contributed by atoms with E-state index in [1.165, 1.54) is 30.0 Å². The van der Waals surface area contributed by atoms with Crippen LogP contribution in [0.4, 0.5) is 15.8 Å². The zero-order valence-electron chi connectivity index (χ0n) is 15.8. The number of aromatic nitrogens is 3. The Morgan fingerprint density at radius 3 is 2.80 bits per heavy atom. The molecular formula is C21H18ClFN4O2S. The number of hydrogen-bond donors (Lipinski definition) is 2. The van der Waals surface area contributed by atoms with E-state index in [4.69, 9.17) is 11.6 Å². The molecule has 1 fully saturated rings. The Hall–Kier alpha value is -2.55. The van der Waals surface area contributed by atoms with E-state index in [2.05, 4.69) is 20.5 Å². The van der Waals surface area contributed by atoms with Crippen molar-refractivity contribution >= 4 is 40.5 Å². The first-order chi connectivity index (χ1) is 14.5. The van der Waals surface area contributed by atoms with E-state index in [0.29, 0.717) is 40.0 Å². The van der Waals surface area contributed by atoms with E-state index in [9.17, 15) is 14.3 Å². The van der Waals surface area contributed by atoms with Crippen LogP contribution in [0.25, 0.3) is 11.3 Å². The normalized spacial score (nSPS) is 13.9. The van der Waals surface area contributed by atoms with Crippen molar-refractivity contribution in [3.8, 4) is 11.3 Å². The molecule has 30 heavy (non-hydrogen) atoms. The lowest BCUT2D eigenvalue weighted by molar-refractivity contribution is -0.124. The van der Waals surface area contributed by atoms with Gasteiger partial charge in [0, 0.05) is 52.7 Å². The zero-order chi connectivity index (χ0) is 21.1. The highest BCUT2D eigenvalue weighted by molar-refractivity contribution is 7.99. The van der Waals surface area contributed by atoms with Crippen molar-refractivity contribution in [2.75, 3.05) is 17.7 Å². The molecule has 4 rings (SSSR count). The Morgan fingerprint density at radius 2 is 2.03 bits per heavy atom. The monoisotopic (exact) mass is 444 g/mol. The molecule has 0 amide bonds. The number of carbonyl (C=O) groups is 1. The summed E-state index contributed by atoms with van der Waals surface area (Å²) in [5.74, 6) is 0.389. The van der Waals surface area contributed by atoms with E-state index >= 15 is 0 Å². The molecule has 0 atom stereocenters. The second kappa shape index (κ2) is 9.07. The molecule has 0 saturated heterocycles. The van der Waals surface area contributed by atoms with Crippen LogP contribution >= 0.6 is 23.4 Å². The smallest absolute Gasteiger partial charge is 0.142 e. The lowest BCUT2D eigenvalue weighted by Crippen LogP contribution is -2.22. The number of aliphatic hydroxyl groups excluding tert-OH is 1. The van der Waals surface area contributed by atoms with Crippen molar-refractivity contribution in [3.63, 3.8) is 0 Å². The van der Waals surface area contributed by atoms with Gasteiger partial charge < -0.3 is 10.4 Å². The van der Waals surface area contributed by atoms with Gasteiger partial charge in [-0.05, 0) is 36.4 Å². The summed E-state index contributed by atoms with van der Waals surface area (Å²) in [6, 6.07) is 9.68. The van der Waals surface area contributed by atoms with E-state index in [1.807, 2.05) is 12.1 Å². The lowest BCUT2D eigenvalue weighted by atomic mass is 9.81. The predicted molar refractivity (Wildman–Crippen MR) is 115 cm³/mol. The van der Waals surface area contributed by atoms with Crippen LogP contribution in [0.15, 0.2) is 47.6 Å². The van der Waals surface area contributed by atoms with Crippen molar-refractivity contribution in [2.45, 2.75) is 23.8 Å². The third-order valence-electron chi connectivity index (χ3n) is 4.72. The van der Waals surface area contributed by atoms with E-state index in [1.54, 1.807) is 12.3 Å². The summed E-state index contributed by atoms with van der Waals surface area (Å²) in [5.41, 5.74) is 2.84. The van der Waals surface area contributed by atoms with Crippen LogP contribution in [0.2, 0.25) is 5.02 Å². The van der Waals surface area contributed by atoms with Gasteiger partial charge in [0.05, 0.1) is 18.0 Å². The fourth-order valence-electron chi connectivity index (χ4n) is 3.15. The minimum atomic E-state index is -0.448. The molecule has 9 heteroatoms. The number of nitrogens with zero attached hydrogens (tertiary/aromatic N) is 3. The number of anilines is 2. The molecule has 3 aromatic rings. The number of thioether (sulfide) groups is 1. The highest BCUT2D eigenvalue weighted by atomic mass is 35.5. The maximum absolute atomic E-state index is 14.3. The number of Topliss-reactive ketones (excluding diaryl/α,β-unsaturated/α-hetero) is 1. The minimum Gasteiger partial charge on any atom is -0.396 e. The van der Waals surface area contributed by atoms with Crippen molar-refractivity contribution in [1.29, 1.82) is 0 Å². The van der Waals surface area contributed by atoms with Crippen molar-refractivity contribution in [1.82, 2.24) is 15.2 Å². The predicted octanol–water partition coefficient (Wildman–Crippen LogP) is 4.61. The van der Waals surface area contributed by atoms with Crippen LogP contribution in [-0.4, -0.2) is 38.4 Å². The van der Waals surface area contributed by atoms with Crippen LogP contribution in [0.1, 0.15) is 24.5 Å². The molecule has 154 valence electrons. The van der Waals surface area contributed by atoms with E-state index in [0.717, 1.165) is 11.4 Å². The molecule has 0 spiro atoms. The number of halogens is 2. The number of nitrogens with one attached hydrogen (secondary N) is 1. The summed E-state index contributed by atoms with van der Waals surface area (Å²) in [4.78, 5) is 15.7. The first-order valence-corrected chi connectivity index (χ1v) is 10.7. The molecule has 1 saturated carbocycles. The van der Waals surface area contributed by atoms with Crippen molar-refractivity contribution < 1.29 is 14.3 Å². The number of carbonyl (C=O) groups excluding carboxylic acids is 1. The SMILES string of the molecule is O=C1CC(c2cc(Nc3cc(-c4cc(Cl)ccc4F)nnc3SCCO)ccn2)C1. The van der Waals surface area contributed by atoms with Gasteiger partial charge in [-0.15, -0.1) is 22.0 Å². The standard InChI is InChI=1S/C21H18ClFN4O2S/c22-13-1-2-17(23)16(9-13)19-11-20(21(27-26-19)30-6-5-28)25-14-3-4-24-18(10-14)12-7-15(29)8-12/h1-4,9-12,28H,5-8H2,(H,24,25,26). The lowest BCUT2D eigenvalue weighted by Gasteiger charge is -2.23. The van der Waals surface area contributed by atoms with E-state index in [-0.39, 0.29) is 23.9 Å². The zero-order valence-corrected chi connectivity index (χ0v) is 17.4. The number of rotatable bonds is 7. The maximum Gasteiger partial charge on any atom is 0.142 e. The molecular weight excluding hydrogens is 427 g/mol. The summed E-state index contributed by atoms with van der Waals surface area (Å²) >= 11 is 7.36. The molecule has 1 aliphatic rings. The van der Waals surface area contributed by atoms with Crippen LogP contribution < -0.4 is 5.32 Å². The molecule has 2 aromatic heterocycles. The van der Waals surface area contributed by atoms with Gasteiger partial charge in [0.2, 0.25) is 0 Å². The average Bonchev–Trinajstić information content (AvgIpc) is 2.72. The summed E-state index contributed by atoms with van der Waals surface area (Å²) in [6.07, 6.45) is 2.72. The third-order valence-corrected chi connectivity index (χ3v) is 5.92. The molecule has 1 aliphatic carbocycles. The van der Waals surface area contributed by atoms with Crippen molar-refractivity contribution in [3.05, 3.63) is 59.1 Å². The Bertz CT molecular complexity index is 1090. The number of pyridine rings is 1. The molecule has 2 heterocycles. The summed E-state index contributed by atoms with van der Waals surface area (Å²) in [5, 5.41) is 21.8. The van der Waals surface area contributed by atoms with Gasteiger partial charge in [-0.1, -0.05) is 11.6 Å². The number of benzene rings is 1. The number of hydrogen-bond acceptors (Lipinski definition) is 7. The second-order valence-corrected chi connectivity index (χ2v) is 8.40. The Balaban J connectivity index is 1.67. The van der Waals surface area contributed by atoms with Crippen LogP contribution in [-0.2, 0) is 4.79 Å². The largest absolute Gasteiger partial charge is 0.396 e. The summed E-state index contributed by atoms with van der Waals surface area (Å²) in [7, 11) is 0. The Morgan fingerprint density at radius 1 is 1.20 bits per heavy atom. The highest BCUT2D eigenvalue weighted by Gasteiger charge is 2.29. The van der Waals surface area contributed by atoms with Gasteiger partial charge in [-0.2, -0.15) is 0 Å².